The first kappa shape index (κ1) is 17.9. The van der Waals surface area contributed by atoms with E-state index in [1.54, 1.807) is 0 Å². The second kappa shape index (κ2) is 7.77. The van der Waals surface area contributed by atoms with Crippen LogP contribution in [0, 0.1) is 23.4 Å². The summed E-state index contributed by atoms with van der Waals surface area (Å²) in [5, 5.41) is 0. The number of nitrogens with two attached hydrogens (primary N) is 1. The van der Waals surface area contributed by atoms with E-state index in [-0.39, 0.29) is 12.5 Å². The Balaban J connectivity index is 2.92. The normalized spacial score (nSPS) is 13.4. The molecule has 4 nitrogen and oxygen atoms in total. The van der Waals surface area contributed by atoms with Crippen molar-refractivity contribution in [1.82, 2.24) is 4.72 Å². The largest absolute Gasteiger partial charge is 0.330 e. The first-order chi connectivity index (χ1) is 9.81. The Hall–Kier alpha value is -1.12. The third kappa shape index (κ3) is 4.98. The van der Waals surface area contributed by atoms with Crippen molar-refractivity contribution in [3.8, 4) is 0 Å². The van der Waals surface area contributed by atoms with Gasteiger partial charge in [0.05, 0.1) is 0 Å². The predicted octanol–water partition coefficient (Wildman–Crippen LogP) is 2.15. The molecule has 21 heavy (non-hydrogen) atoms. The fourth-order valence-corrected chi connectivity index (χ4v) is 3.31. The zero-order chi connectivity index (χ0) is 16.0. The quantitative estimate of drug-likeness (QED) is 0.769. The third-order valence-corrected chi connectivity index (χ3v) is 4.54. The number of halogens is 3. The first-order valence-electron chi connectivity index (χ1n) is 6.66. The summed E-state index contributed by atoms with van der Waals surface area (Å²) >= 11 is 0. The topological polar surface area (TPSA) is 72.2 Å². The van der Waals surface area contributed by atoms with Crippen LogP contribution in [0.3, 0.4) is 0 Å². The molecular weight excluding hydrogens is 305 g/mol. The van der Waals surface area contributed by atoms with Gasteiger partial charge in [0.1, 0.15) is 17.5 Å². The zero-order valence-corrected chi connectivity index (χ0v) is 12.5. The maximum Gasteiger partial charge on any atom is 0.246 e. The number of rotatable bonds is 8. The van der Waals surface area contributed by atoms with Crippen LogP contribution in [0.5, 0.6) is 0 Å². The lowest BCUT2D eigenvalue weighted by Gasteiger charge is -2.16. The van der Waals surface area contributed by atoms with Crippen molar-refractivity contribution in [2.24, 2.45) is 11.7 Å². The Morgan fingerprint density at radius 2 is 1.76 bits per heavy atom. The maximum absolute atomic E-state index is 13.5. The minimum Gasteiger partial charge on any atom is -0.330 e. The van der Waals surface area contributed by atoms with E-state index in [0.717, 1.165) is 12.8 Å². The van der Waals surface area contributed by atoms with Crippen molar-refractivity contribution in [1.29, 1.82) is 0 Å². The molecule has 0 amide bonds. The molecule has 120 valence electrons. The van der Waals surface area contributed by atoms with E-state index in [2.05, 4.69) is 4.72 Å². The lowest BCUT2D eigenvalue weighted by molar-refractivity contribution is 0.440. The van der Waals surface area contributed by atoms with Crippen molar-refractivity contribution in [2.75, 3.05) is 13.1 Å². The van der Waals surface area contributed by atoms with Crippen LogP contribution in [0.25, 0.3) is 0 Å². The van der Waals surface area contributed by atoms with Crippen LogP contribution in [0.1, 0.15) is 26.2 Å². The molecule has 1 aromatic rings. The van der Waals surface area contributed by atoms with Crippen LogP contribution in [0.4, 0.5) is 13.2 Å². The van der Waals surface area contributed by atoms with Crippen molar-refractivity contribution in [3.63, 3.8) is 0 Å². The molecule has 3 N–H and O–H groups in total. The fourth-order valence-electron chi connectivity index (χ4n) is 2.08. The summed E-state index contributed by atoms with van der Waals surface area (Å²) in [6, 6.07) is 0.669. The smallest absolute Gasteiger partial charge is 0.246 e. The molecule has 1 unspecified atom stereocenters. The van der Waals surface area contributed by atoms with Crippen LogP contribution in [-0.2, 0) is 10.0 Å². The third-order valence-electron chi connectivity index (χ3n) is 3.07. The van der Waals surface area contributed by atoms with Crippen molar-refractivity contribution in [2.45, 2.75) is 31.1 Å². The Labute approximate surface area is 122 Å². The van der Waals surface area contributed by atoms with E-state index >= 15 is 0 Å². The Morgan fingerprint density at radius 1 is 1.19 bits per heavy atom. The zero-order valence-electron chi connectivity index (χ0n) is 11.7. The summed E-state index contributed by atoms with van der Waals surface area (Å²) in [4.78, 5) is -1.16. The molecule has 0 heterocycles. The summed E-state index contributed by atoms with van der Waals surface area (Å²) in [6.07, 6.45) is 2.19. The molecular formula is C13H19F3N2O2S. The highest BCUT2D eigenvalue weighted by atomic mass is 32.2. The molecule has 1 atom stereocenters. The molecule has 0 aromatic heterocycles. The molecule has 0 radical (unpaired) electrons. The molecule has 0 spiro atoms. The second-order valence-corrected chi connectivity index (χ2v) is 6.49. The van der Waals surface area contributed by atoms with Crippen LogP contribution >= 0.6 is 0 Å². The molecule has 0 saturated heterocycles. The molecule has 0 aliphatic heterocycles. The van der Waals surface area contributed by atoms with Gasteiger partial charge in [0, 0.05) is 18.7 Å². The van der Waals surface area contributed by atoms with Gasteiger partial charge in [-0.05, 0) is 25.3 Å². The van der Waals surface area contributed by atoms with Gasteiger partial charge < -0.3 is 5.73 Å². The van der Waals surface area contributed by atoms with Crippen LogP contribution in [0.15, 0.2) is 17.0 Å². The van der Waals surface area contributed by atoms with Crippen molar-refractivity contribution in [3.05, 3.63) is 29.6 Å². The highest BCUT2D eigenvalue weighted by Crippen LogP contribution is 2.20. The molecule has 0 fully saturated rings. The minimum atomic E-state index is -4.38. The molecule has 0 saturated carbocycles. The maximum atomic E-state index is 13.5. The standard InChI is InChI=1S/C13H19F3N2O2S/c1-2-3-9(4-5-17)8-18-21(19,20)13-11(15)6-10(14)7-12(13)16/h6-7,9,18H,2-5,8,17H2,1H3. The summed E-state index contributed by atoms with van der Waals surface area (Å²) in [5.41, 5.74) is 5.44. The van der Waals surface area contributed by atoms with E-state index in [1.807, 2.05) is 6.92 Å². The Morgan fingerprint density at radius 3 is 2.24 bits per heavy atom. The van der Waals surface area contributed by atoms with Gasteiger partial charge >= 0.3 is 0 Å². The van der Waals surface area contributed by atoms with Gasteiger partial charge in [0.2, 0.25) is 10.0 Å². The van der Waals surface area contributed by atoms with Crippen LogP contribution in [-0.4, -0.2) is 21.5 Å². The molecule has 0 bridgehead atoms. The van der Waals surface area contributed by atoms with Gasteiger partial charge in [0.25, 0.3) is 0 Å². The molecule has 0 aliphatic rings. The lowest BCUT2D eigenvalue weighted by atomic mass is 10.0. The summed E-state index contributed by atoms with van der Waals surface area (Å²) in [5.74, 6) is -4.09. The number of sulfonamides is 1. The second-order valence-electron chi connectivity index (χ2n) is 4.78. The molecule has 1 rings (SSSR count). The highest BCUT2D eigenvalue weighted by Gasteiger charge is 2.25. The SMILES string of the molecule is CCCC(CCN)CNS(=O)(=O)c1c(F)cc(F)cc1F. The Bertz CT molecular complexity index is 550. The van der Waals surface area contributed by atoms with Gasteiger partial charge in [-0.3, -0.25) is 0 Å². The number of benzene rings is 1. The lowest BCUT2D eigenvalue weighted by Crippen LogP contribution is -2.31. The monoisotopic (exact) mass is 324 g/mol. The fraction of sp³-hybridized carbons (Fsp3) is 0.538. The first-order valence-corrected chi connectivity index (χ1v) is 8.14. The van der Waals surface area contributed by atoms with E-state index in [0.29, 0.717) is 25.1 Å². The molecule has 8 heteroatoms. The summed E-state index contributed by atoms with van der Waals surface area (Å²) in [6.45, 7) is 2.37. The van der Waals surface area contributed by atoms with E-state index < -0.39 is 32.4 Å². The van der Waals surface area contributed by atoms with Crippen molar-refractivity contribution >= 4 is 10.0 Å². The van der Waals surface area contributed by atoms with Gasteiger partial charge in [-0.25, -0.2) is 26.3 Å². The van der Waals surface area contributed by atoms with E-state index in [1.165, 1.54) is 0 Å². The summed E-state index contributed by atoms with van der Waals surface area (Å²) in [7, 11) is -4.38. The minimum absolute atomic E-state index is 0.0126. The number of hydrogen-bond donors (Lipinski definition) is 2. The summed E-state index contributed by atoms with van der Waals surface area (Å²) < 4.78 is 65.9. The predicted molar refractivity (Wildman–Crippen MR) is 73.6 cm³/mol. The van der Waals surface area contributed by atoms with E-state index in [9.17, 15) is 21.6 Å². The number of nitrogens with one attached hydrogen (secondary N) is 1. The van der Waals surface area contributed by atoms with Crippen molar-refractivity contribution < 1.29 is 21.6 Å². The van der Waals surface area contributed by atoms with Gasteiger partial charge in [-0.15, -0.1) is 0 Å². The molecule has 0 aliphatic carbocycles. The van der Waals surface area contributed by atoms with E-state index in [4.69, 9.17) is 5.73 Å². The van der Waals surface area contributed by atoms with Crippen LogP contribution in [0.2, 0.25) is 0 Å². The molecule has 1 aromatic carbocycles. The van der Waals surface area contributed by atoms with Gasteiger partial charge in [0.15, 0.2) is 4.90 Å². The van der Waals surface area contributed by atoms with Gasteiger partial charge in [-0.1, -0.05) is 13.3 Å². The average Bonchev–Trinajstić information content (AvgIpc) is 2.35. The van der Waals surface area contributed by atoms with Crippen LogP contribution < -0.4 is 10.5 Å². The highest BCUT2D eigenvalue weighted by molar-refractivity contribution is 7.89. The average molecular weight is 324 g/mol. The van der Waals surface area contributed by atoms with Gasteiger partial charge in [-0.2, -0.15) is 0 Å². The Kier molecular flexibility index (Phi) is 6.63. The number of hydrogen-bond acceptors (Lipinski definition) is 3.